The topological polar surface area (TPSA) is 61.8 Å². The Bertz CT molecular complexity index is 491. The molecule has 0 unspecified atom stereocenters. The molecule has 1 aliphatic heterocycles. The largest absolute Gasteiger partial charge is 0.344 e. The molecule has 0 radical (unpaired) electrons. The van der Waals surface area contributed by atoms with Crippen molar-refractivity contribution in [3.63, 3.8) is 0 Å². The number of imide groups is 1. The Kier molecular flexibility index (Phi) is 3.41. The summed E-state index contributed by atoms with van der Waals surface area (Å²) >= 11 is 0. The number of hydrazone groups is 1. The Labute approximate surface area is 105 Å². The van der Waals surface area contributed by atoms with E-state index in [1.54, 1.807) is 6.21 Å². The summed E-state index contributed by atoms with van der Waals surface area (Å²) in [5.41, 5.74) is 2.15. The lowest BCUT2D eigenvalue weighted by Crippen LogP contribution is -2.24. The highest BCUT2D eigenvalue weighted by Crippen LogP contribution is 2.14. The van der Waals surface area contributed by atoms with Gasteiger partial charge in [-0.25, -0.2) is 9.80 Å². The van der Waals surface area contributed by atoms with Crippen LogP contribution in [-0.2, 0) is 4.79 Å². The average Bonchev–Trinajstić information content (AvgIpc) is 2.66. The number of nitrogens with one attached hydrogen (secondary N) is 1. The molecule has 5 heteroatoms. The van der Waals surface area contributed by atoms with Crippen LogP contribution >= 0.6 is 0 Å². The summed E-state index contributed by atoms with van der Waals surface area (Å²) in [5, 5.41) is 7.25. The number of carbonyl (C=O) groups is 2. The van der Waals surface area contributed by atoms with Gasteiger partial charge in [0.2, 0.25) is 5.91 Å². The minimum atomic E-state index is -0.477. The lowest BCUT2D eigenvalue weighted by molar-refractivity contribution is -0.118. The summed E-state index contributed by atoms with van der Waals surface area (Å²) in [6, 6.07) is 7.46. The first kappa shape index (κ1) is 12.3. The molecule has 0 saturated carbocycles. The Morgan fingerprint density at radius 1 is 1.28 bits per heavy atom. The summed E-state index contributed by atoms with van der Waals surface area (Å²) in [6.07, 6.45) is 1.57. The van der Waals surface area contributed by atoms with E-state index in [1.165, 1.54) is 5.56 Å². The van der Waals surface area contributed by atoms with Crippen molar-refractivity contribution in [2.75, 3.05) is 6.54 Å². The van der Waals surface area contributed by atoms with E-state index in [0.29, 0.717) is 5.92 Å². The van der Waals surface area contributed by atoms with Crippen molar-refractivity contribution in [1.82, 2.24) is 10.3 Å². The van der Waals surface area contributed by atoms with Gasteiger partial charge in [-0.2, -0.15) is 5.10 Å². The molecule has 1 N–H and O–H groups in total. The van der Waals surface area contributed by atoms with Crippen LogP contribution in [0.5, 0.6) is 0 Å². The molecule has 1 saturated heterocycles. The van der Waals surface area contributed by atoms with Crippen molar-refractivity contribution in [2.45, 2.75) is 19.8 Å². The highest BCUT2D eigenvalue weighted by molar-refractivity contribution is 6.02. The summed E-state index contributed by atoms with van der Waals surface area (Å²) in [6.45, 7) is 4.24. The third-order valence-electron chi connectivity index (χ3n) is 2.72. The first-order chi connectivity index (χ1) is 8.56. The zero-order chi connectivity index (χ0) is 13.1. The Hall–Kier alpha value is -2.17. The number of hydrogen-bond donors (Lipinski definition) is 1. The van der Waals surface area contributed by atoms with Crippen LogP contribution in [0.25, 0.3) is 0 Å². The van der Waals surface area contributed by atoms with Crippen molar-refractivity contribution >= 4 is 18.2 Å². The highest BCUT2D eigenvalue weighted by Gasteiger charge is 2.25. The molecule has 1 aromatic rings. The number of nitrogens with zero attached hydrogens (tertiary/aromatic N) is 2. The predicted octanol–water partition coefficient (Wildman–Crippen LogP) is 1.70. The van der Waals surface area contributed by atoms with Crippen molar-refractivity contribution in [1.29, 1.82) is 0 Å². The summed E-state index contributed by atoms with van der Waals surface area (Å²) in [4.78, 5) is 22.2. The lowest BCUT2D eigenvalue weighted by Gasteiger charge is -2.06. The van der Waals surface area contributed by atoms with E-state index in [9.17, 15) is 9.59 Å². The average molecular weight is 245 g/mol. The number of carbonyl (C=O) groups excluding carboxylic acids is 2. The molecule has 18 heavy (non-hydrogen) atoms. The first-order valence-corrected chi connectivity index (χ1v) is 5.81. The minimum absolute atomic E-state index is 0.0145. The molecule has 1 aliphatic rings. The highest BCUT2D eigenvalue weighted by atomic mass is 16.2. The van der Waals surface area contributed by atoms with E-state index in [0.717, 1.165) is 10.6 Å². The predicted molar refractivity (Wildman–Crippen MR) is 68.4 cm³/mol. The Morgan fingerprint density at radius 2 is 1.94 bits per heavy atom. The van der Waals surface area contributed by atoms with Gasteiger partial charge >= 0.3 is 6.03 Å². The Morgan fingerprint density at radius 3 is 2.44 bits per heavy atom. The SMILES string of the molecule is CC(C)c1ccc(/C=N\N2CC(=O)NC2=O)cc1. The maximum absolute atomic E-state index is 11.2. The minimum Gasteiger partial charge on any atom is -0.275 e. The van der Waals surface area contributed by atoms with E-state index in [4.69, 9.17) is 0 Å². The standard InChI is InChI=1S/C13H15N3O2/c1-9(2)11-5-3-10(4-6-11)7-14-16-8-12(17)15-13(16)18/h3-7,9H,8H2,1-2H3,(H,15,17,18)/b14-7-. The van der Waals surface area contributed by atoms with Crippen molar-refractivity contribution in [3.8, 4) is 0 Å². The van der Waals surface area contributed by atoms with Crippen molar-refractivity contribution < 1.29 is 9.59 Å². The van der Waals surface area contributed by atoms with Crippen LogP contribution in [0.3, 0.4) is 0 Å². The summed E-state index contributed by atoms with van der Waals surface area (Å²) in [7, 11) is 0. The summed E-state index contributed by atoms with van der Waals surface area (Å²) < 4.78 is 0. The van der Waals surface area contributed by atoms with Gasteiger partial charge in [0, 0.05) is 0 Å². The third-order valence-corrected chi connectivity index (χ3v) is 2.72. The van der Waals surface area contributed by atoms with E-state index >= 15 is 0 Å². The van der Waals surface area contributed by atoms with Crippen molar-refractivity contribution in [2.24, 2.45) is 5.10 Å². The van der Waals surface area contributed by atoms with Crippen LogP contribution in [0.1, 0.15) is 30.9 Å². The molecule has 3 amide bonds. The molecule has 1 heterocycles. The molecular formula is C13H15N3O2. The van der Waals surface area contributed by atoms with Gasteiger partial charge in [-0.3, -0.25) is 10.1 Å². The monoisotopic (exact) mass is 245 g/mol. The van der Waals surface area contributed by atoms with Gasteiger partial charge < -0.3 is 0 Å². The fourth-order valence-electron chi connectivity index (χ4n) is 1.63. The van der Waals surface area contributed by atoms with Gasteiger partial charge in [-0.1, -0.05) is 38.1 Å². The fourth-order valence-corrected chi connectivity index (χ4v) is 1.63. The van der Waals surface area contributed by atoms with Gasteiger partial charge in [-0.15, -0.1) is 0 Å². The zero-order valence-electron chi connectivity index (χ0n) is 10.4. The normalized spacial score (nSPS) is 15.8. The van der Waals surface area contributed by atoms with Crippen LogP contribution < -0.4 is 5.32 Å². The molecule has 0 bridgehead atoms. The van der Waals surface area contributed by atoms with E-state index < -0.39 is 6.03 Å². The van der Waals surface area contributed by atoms with E-state index in [1.807, 2.05) is 24.3 Å². The number of urea groups is 1. The lowest BCUT2D eigenvalue weighted by atomic mass is 10.0. The molecule has 94 valence electrons. The molecule has 2 rings (SSSR count). The van der Waals surface area contributed by atoms with Gasteiger partial charge in [0.15, 0.2) is 0 Å². The Balaban J connectivity index is 2.05. The van der Waals surface area contributed by atoms with Gasteiger partial charge in [0.1, 0.15) is 6.54 Å². The second-order valence-corrected chi connectivity index (χ2v) is 4.48. The van der Waals surface area contributed by atoms with Crippen LogP contribution in [0.15, 0.2) is 29.4 Å². The van der Waals surface area contributed by atoms with Crippen LogP contribution in [0, 0.1) is 0 Å². The molecule has 1 aromatic carbocycles. The molecule has 0 aliphatic carbocycles. The number of amides is 3. The number of hydrogen-bond acceptors (Lipinski definition) is 3. The van der Waals surface area contributed by atoms with Crippen LogP contribution in [-0.4, -0.2) is 29.7 Å². The number of rotatable bonds is 3. The maximum atomic E-state index is 11.2. The second kappa shape index (κ2) is 5.00. The molecule has 0 spiro atoms. The smallest absolute Gasteiger partial charge is 0.275 e. The van der Waals surface area contributed by atoms with Crippen molar-refractivity contribution in [3.05, 3.63) is 35.4 Å². The fraction of sp³-hybridized carbons (Fsp3) is 0.308. The van der Waals surface area contributed by atoms with E-state index in [-0.39, 0.29) is 12.5 Å². The van der Waals surface area contributed by atoms with Gasteiger partial charge in [-0.05, 0) is 17.0 Å². The second-order valence-electron chi connectivity index (χ2n) is 4.48. The van der Waals surface area contributed by atoms with Gasteiger partial charge in [0.25, 0.3) is 0 Å². The molecule has 1 fully saturated rings. The van der Waals surface area contributed by atoms with Crippen LogP contribution in [0.4, 0.5) is 4.79 Å². The molecule has 0 atom stereocenters. The summed E-state index contributed by atoms with van der Waals surface area (Å²) in [5.74, 6) is 0.158. The third kappa shape index (κ3) is 2.74. The zero-order valence-corrected chi connectivity index (χ0v) is 10.4. The van der Waals surface area contributed by atoms with Crippen LogP contribution in [0.2, 0.25) is 0 Å². The van der Waals surface area contributed by atoms with E-state index in [2.05, 4.69) is 24.3 Å². The molecular weight excluding hydrogens is 230 g/mol. The van der Waals surface area contributed by atoms with Gasteiger partial charge in [0.05, 0.1) is 6.21 Å². The molecule has 0 aromatic heterocycles. The molecule has 5 nitrogen and oxygen atoms in total. The number of benzene rings is 1. The first-order valence-electron chi connectivity index (χ1n) is 5.81. The quantitative estimate of drug-likeness (QED) is 0.650. The maximum Gasteiger partial charge on any atom is 0.344 e.